The summed E-state index contributed by atoms with van der Waals surface area (Å²) in [5.74, 6) is 0. The molecule has 0 aromatic heterocycles. The van der Waals surface area contributed by atoms with Gasteiger partial charge in [0.1, 0.15) is 0 Å². The maximum Gasteiger partial charge on any atom is 0.0540 e. The van der Waals surface area contributed by atoms with Crippen molar-refractivity contribution >= 4 is 27.8 Å². The molecule has 0 radical (unpaired) electrons. The van der Waals surface area contributed by atoms with Crippen LogP contribution in [0.1, 0.15) is 25.0 Å². The van der Waals surface area contributed by atoms with Crippen LogP contribution in [0.3, 0.4) is 0 Å². The van der Waals surface area contributed by atoms with E-state index >= 15 is 0 Å². The highest BCUT2D eigenvalue weighted by atomic mass is 15.1. The topological polar surface area (TPSA) is 3.24 Å². The number of para-hydroxylation sites is 1. The SMILES string of the molecule is CC1(C)c2cc(N(c3ccc(-c4ccccc4)cc3)c3ccccc3-c3ccccc3)ccc2-c2c1cc(-c1ccc(-c3ccccc3)cc1)c1ccccc21. The van der Waals surface area contributed by atoms with Crippen LogP contribution in [0.25, 0.3) is 66.4 Å². The van der Waals surface area contributed by atoms with E-state index in [-0.39, 0.29) is 5.41 Å². The molecule has 0 saturated heterocycles. The minimum absolute atomic E-state index is 0.231. The van der Waals surface area contributed by atoms with Crippen LogP contribution in [0.5, 0.6) is 0 Å². The summed E-state index contributed by atoms with van der Waals surface area (Å²) in [5, 5.41) is 2.58. The fourth-order valence-electron chi connectivity index (χ4n) is 8.81. The zero-order valence-corrected chi connectivity index (χ0v) is 31.7. The van der Waals surface area contributed by atoms with Crippen molar-refractivity contribution in [2.24, 2.45) is 0 Å². The highest BCUT2D eigenvalue weighted by molar-refractivity contribution is 6.09. The molecule has 9 aromatic carbocycles. The van der Waals surface area contributed by atoms with Crippen LogP contribution in [0, 0.1) is 0 Å². The highest BCUT2D eigenvalue weighted by Gasteiger charge is 2.38. The molecule has 1 nitrogen and oxygen atoms in total. The molecule has 0 unspecified atom stereocenters. The Balaban J connectivity index is 1.12. The fraction of sp³-hybridized carbons (Fsp3) is 0.0545. The van der Waals surface area contributed by atoms with E-state index < -0.39 is 0 Å². The van der Waals surface area contributed by atoms with Crippen LogP contribution in [0.4, 0.5) is 17.1 Å². The number of hydrogen-bond donors (Lipinski definition) is 0. The van der Waals surface area contributed by atoms with Crippen molar-refractivity contribution < 1.29 is 0 Å². The summed E-state index contributed by atoms with van der Waals surface area (Å²) in [6.07, 6.45) is 0. The van der Waals surface area contributed by atoms with Crippen LogP contribution < -0.4 is 4.90 Å². The van der Waals surface area contributed by atoms with Crippen molar-refractivity contribution in [3.8, 4) is 55.6 Å². The Morgan fingerprint density at radius 2 is 0.786 bits per heavy atom. The molecule has 9 aromatic rings. The number of hydrogen-bond acceptors (Lipinski definition) is 1. The Morgan fingerprint density at radius 1 is 0.321 bits per heavy atom. The lowest BCUT2D eigenvalue weighted by Gasteiger charge is -2.30. The average molecular weight is 716 g/mol. The largest absolute Gasteiger partial charge is 0.310 e. The monoisotopic (exact) mass is 715 g/mol. The zero-order valence-electron chi connectivity index (χ0n) is 31.7. The quantitative estimate of drug-likeness (QED) is 0.159. The van der Waals surface area contributed by atoms with Gasteiger partial charge in [0, 0.05) is 22.4 Å². The molecule has 10 rings (SSSR count). The second-order valence-corrected chi connectivity index (χ2v) is 15.3. The highest BCUT2D eigenvalue weighted by Crippen LogP contribution is 2.55. The van der Waals surface area contributed by atoms with Gasteiger partial charge in [-0.1, -0.05) is 190 Å². The summed E-state index contributed by atoms with van der Waals surface area (Å²) in [7, 11) is 0. The van der Waals surface area contributed by atoms with E-state index in [1.54, 1.807) is 0 Å². The lowest BCUT2D eigenvalue weighted by molar-refractivity contribution is 0.661. The minimum Gasteiger partial charge on any atom is -0.310 e. The molecule has 1 heteroatoms. The van der Waals surface area contributed by atoms with Crippen LogP contribution in [-0.2, 0) is 5.41 Å². The first-order valence-corrected chi connectivity index (χ1v) is 19.5. The molecular weight excluding hydrogens is 675 g/mol. The van der Waals surface area contributed by atoms with Gasteiger partial charge in [-0.15, -0.1) is 0 Å². The Kier molecular flexibility index (Phi) is 8.23. The summed E-state index contributed by atoms with van der Waals surface area (Å²) in [4.78, 5) is 2.44. The van der Waals surface area contributed by atoms with Gasteiger partial charge in [-0.05, 0) is 108 Å². The molecule has 0 heterocycles. The molecule has 266 valence electrons. The van der Waals surface area contributed by atoms with Crippen molar-refractivity contribution in [2.75, 3.05) is 4.90 Å². The predicted molar refractivity (Wildman–Crippen MR) is 238 cm³/mol. The van der Waals surface area contributed by atoms with Crippen LogP contribution in [-0.4, -0.2) is 0 Å². The van der Waals surface area contributed by atoms with Gasteiger partial charge < -0.3 is 4.90 Å². The Hall–Kier alpha value is -6.96. The molecule has 0 aliphatic heterocycles. The van der Waals surface area contributed by atoms with Crippen LogP contribution in [0.15, 0.2) is 212 Å². The van der Waals surface area contributed by atoms with Gasteiger partial charge in [-0.2, -0.15) is 0 Å². The first-order chi connectivity index (χ1) is 27.5. The summed E-state index contributed by atoms with van der Waals surface area (Å²) < 4.78 is 0. The van der Waals surface area contributed by atoms with Gasteiger partial charge in [0.15, 0.2) is 0 Å². The number of benzene rings is 9. The molecule has 0 atom stereocenters. The van der Waals surface area contributed by atoms with E-state index in [2.05, 4.69) is 231 Å². The van der Waals surface area contributed by atoms with Gasteiger partial charge in [-0.3, -0.25) is 0 Å². The molecule has 0 bridgehead atoms. The fourth-order valence-corrected chi connectivity index (χ4v) is 8.81. The van der Waals surface area contributed by atoms with Crippen molar-refractivity contribution in [1.29, 1.82) is 0 Å². The molecule has 0 N–H and O–H groups in total. The van der Waals surface area contributed by atoms with Crippen LogP contribution in [0.2, 0.25) is 0 Å². The molecule has 0 saturated carbocycles. The van der Waals surface area contributed by atoms with Crippen molar-refractivity contribution in [2.45, 2.75) is 19.3 Å². The summed E-state index contributed by atoms with van der Waals surface area (Å²) >= 11 is 0. The van der Waals surface area contributed by atoms with Gasteiger partial charge in [-0.25, -0.2) is 0 Å². The smallest absolute Gasteiger partial charge is 0.0540 e. The Bertz CT molecular complexity index is 2840. The third-order valence-corrected chi connectivity index (χ3v) is 11.7. The first kappa shape index (κ1) is 33.6. The second kappa shape index (κ2) is 13.7. The minimum atomic E-state index is -0.231. The third kappa shape index (κ3) is 5.72. The second-order valence-electron chi connectivity index (χ2n) is 15.3. The van der Waals surface area contributed by atoms with E-state index in [9.17, 15) is 0 Å². The zero-order chi connectivity index (χ0) is 37.6. The first-order valence-electron chi connectivity index (χ1n) is 19.5. The third-order valence-electron chi connectivity index (χ3n) is 11.7. The van der Waals surface area contributed by atoms with Gasteiger partial charge in [0.2, 0.25) is 0 Å². The van der Waals surface area contributed by atoms with Crippen LogP contribution >= 0.6 is 0 Å². The number of anilines is 3. The Labute approximate surface area is 329 Å². The number of rotatable bonds is 7. The van der Waals surface area contributed by atoms with Crippen molar-refractivity contribution in [3.05, 3.63) is 223 Å². The normalized spacial score (nSPS) is 12.6. The maximum absolute atomic E-state index is 2.47. The Morgan fingerprint density at radius 3 is 1.43 bits per heavy atom. The molecule has 1 aliphatic rings. The van der Waals surface area contributed by atoms with E-state index in [1.165, 1.54) is 77.5 Å². The van der Waals surface area contributed by atoms with E-state index in [4.69, 9.17) is 0 Å². The molecule has 0 amide bonds. The molecule has 1 aliphatic carbocycles. The molecule has 56 heavy (non-hydrogen) atoms. The molecular formula is C55H41N. The van der Waals surface area contributed by atoms with Crippen molar-refractivity contribution in [1.82, 2.24) is 0 Å². The summed E-state index contributed by atoms with van der Waals surface area (Å²) in [5.41, 5.74) is 18.3. The van der Waals surface area contributed by atoms with Gasteiger partial charge >= 0.3 is 0 Å². The van der Waals surface area contributed by atoms with Gasteiger partial charge in [0.05, 0.1) is 5.69 Å². The standard InChI is InChI=1S/C55H41N/c1-55(2)51-36-45(56(44-32-30-41(31-33-44)39-18-8-4-9-19-39)53-25-15-14-22-46(53)42-20-10-5-11-21-42)34-35-49(51)54-48-24-13-12-23-47(48)50(37-52(54)55)43-28-26-40(27-29-43)38-16-6-3-7-17-38/h3-37H,1-2H3. The van der Waals surface area contributed by atoms with E-state index in [0.29, 0.717) is 0 Å². The predicted octanol–water partition coefficient (Wildman–Crippen LogP) is 15.3. The maximum atomic E-state index is 2.47. The molecule has 0 fully saturated rings. The summed E-state index contributed by atoms with van der Waals surface area (Å²) in [6, 6.07) is 77.4. The number of fused-ring (bicyclic) bond motifs is 5. The van der Waals surface area contributed by atoms with Crippen molar-refractivity contribution in [3.63, 3.8) is 0 Å². The lowest BCUT2D eigenvalue weighted by atomic mass is 9.80. The molecule has 0 spiro atoms. The van der Waals surface area contributed by atoms with E-state index in [1.807, 2.05) is 0 Å². The lowest BCUT2D eigenvalue weighted by Crippen LogP contribution is -2.17. The van der Waals surface area contributed by atoms with Gasteiger partial charge in [0.25, 0.3) is 0 Å². The average Bonchev–Trinajstić information content (AvgIpc) is 3.50. The summed E-state index contributed by atoms with van der Waals surface area (Å²) in [6.45, 7) is 4.80. The number of nitrogens with zero attached hydrogens (tertiary/aromatic N) is 1. The van der Waals surface area contributed by atoms with E-state index in [0.717, 1.165) is 17.1 Å².